The largest absolute Gasteiger partial charge is 0.493 e. The molecule has 4 aromatic rings. The van der Waals surface area contributed by atoms with Crippen LogP contribution >= 0.6 is 0 Å². The van der Waals surface area contributed by atoms with Gasteiger partial charge in [-0.3, -0.25) is 4.79 Å². The van der Waals surface area contributed by atoms with Crippen LogP contribution in [-0.2, 0) is 35.8 Å². The molecule has 0 amide bonds. The number of carbonyl (C=O) groups is 1. The number of benzene rings is 3. The van der Waals surface area contributed by atoms with Gasteiger partial charge in [0.05, 0.1) is 37.5 Å². The van der Waals surface area contributed by atoms with Gasteiger partial charge in [-0.05, 0) is 60.0 Å². The lowest BCUT2D eigenvalue weighted by atomic mass is 10.1. The molecule has 0 fully saturated rings. The first-order valence-electron chi connectivity index (χ1n) is 12.5. The lowest BCUT2D eigenvalue weighted by molar-refractivity contribution is -0.137. The van der Waals surface area contributed by atoms with Crippen LogP contribution in [0.3, 0.4) is 0 Å². The fraction of sp³-hybridized carbons (Fsp3) is 0.194. The minimum atomic E-state index is -0.931. The van der Waals surface area contributed by atoms with Crippen molar-refractivity contribution in [2.45, 2.75) is 32.7 Å². The second-order valence-electron chi connectivity index (χ2n) is 8.97. The van der Waals surface area contributed by atoms with Crippen LogP contribution in [0.25, 0.3) is 10.9 Å². The molecule has 39 heavy (non-hydrogen) atoms. The Bertz CT molecular complexity index is 1570. The van der Waals surface area contributed by atoms with Gasteiger partial charge in [0, 0.05) is 10.9 Å². The third kappa shape index (κ3) is 6.72. The van der Waals surface area contributed by atoms with Crippen LogP contribution in [0.1, 0.15) is 28.8 Å². The van der Waals surface area contributed by atoms with E-state index in [0.717, 1.165) is 33.3 Å². The molecule has 1 aliphatic rings. The van der Waals surface area contributed by atoms with Gasteiger partial charge in [0.15, 0.2) is 5.76 Å². The van der Waals surface area contributed by atoms with Gasteiger partial charge < -0.3 is 24.1 Å². The molecule has 1 N–H and O–H groups in total. The summed E-state index contributed by atoms with van der Waals surface area (Å²) in [5.41, 5.74) is 4.35. The van der Waals surface area contributed by atoms with Crippen molar-refractivity contribution in [1.82, 2.24) is 4.98 Å². The number of ether oxygens (including phenoxy) is 4. The van der Waals surface area contributed by atoms with Gasteiger partial charge in [0.25, 0.3) is 0 Å². The summed E-state index contributed by atoms with van der Waals surface area (Å²) in [6.07, 6.45) is 2.30. The Balaban J connectivity index is 1.25. The number of allylic oxidation sites excluding steroid dienone is 2. The molecule has 0 radical (unpaired) electrons. The van der Waals surface area contributed by atoms with E-state index in [1.807, 2.05) is 66.7 Å². The van der Waals surface area contributed by atoms with Crippen molar-refractivity contribution in [2.24, 2.45) is 0 Å². The molecule has 1 aromatic heterocycles. The number of hydrogen-bond acceptors (Lipinski definition) is 7. The molecule has 0 spiro atoms. The smallest absolute Gasteiger partial charge is 0.306 e. The standard InChI is InChI=1S/C31H26N2O6/c32-17-27-10-8-23-6-5-21(15-30(23)39-27)18-36-19-24-16-26(11-12-29(24)37-14-13-31(34)35)38-20-25-9-7-22-3-1-2-4-28(22)33-25/h1-7,9-12,15-16H,8,13-14,18-20H2,(H,34,35). The molecule has 3 aromatic carbocycles. The van der Waals surface area contributed by atoms with Gasteiger partial charge in [-0.1, -0.05) is 36.4 Å². The summed E-state index contributed by atoms with van der Waals surface area (Å²) in [4.78, 5) is 15.6. The minimum Gasteiger partial charge on any atom is -0.493 e. The molecule has 5 rings (SSSR count). The average molecular weight is 523 g/mol. The molecule has 0 saturated carbocycles. The predicted molar refractivity (Wildman–Crippen MR) is 143 cm³/mol. The van der Waals surface area contributed by atoms with Crippen molar-refractivity contribution >= 4 is 16.9 Å². The summed E-state index contributed by atoms with van der Waals surface area (Å²) >= 11 is 0. The van der Waals surface area contributed by atoms with Crippen LogP contribution in [0.15, 0.2) is 84.6 Å². The molecule has 2 heterocycles. The summed E-state index contributed by atoms with van der Waals surface area (Å²) < 4.78 is 23.4. The second kappa shape index (κ2) is 12.1. The Morgan fingerprint density at radius 1 is 1.00 bits per heavy atom. The Morgan fingerprint density at radius 2 is 1.90 bits per heavy atom. The van der Waals surface area contributed by atoms with Crippen molar-refractivity contribution < 1.29 is 28.8 Å². The van der Waals surface area contributed by atoms with E-state index < -0.39 is 5.97 Å². The Hall–Kier alpha value is -4.87. The second-order valence-corrected chi connectivity index (χ2v) is 8.97. The summed E-state index contributed by atoms with van der Waals surface area (Å²) in [7, 11) is 0. The molecule has 1 aliphatic heterocycles. The van der Waals surface area contributed by atoms with Crippen LogP contribution in [0.4, 0.5) is 0 Å². The maximum atomic E-state index is 10.9. The average Bonchev–Trinajstić information content (AvgIpc) is 2.96. The van der Waals surface area contributed by atoms with E-state index in [4.69, 9.17) is 29.3 Å². The van der Waals surface area contributed by atoms with E-state index in [9.17, 15) is 4.79 Å². The van der Waals surface area contributed by atoms with Crippen LogP contribution in [0.2, 0.25) is 0 Å². The number of rotatable bonds is 11. The molecular formula is C31H26N2O6. The molecule has 0 unspecified atom stereocenters. The fourth-order valence-electron chi connectivity index (χ4n) is 4.16. The quantitative estimate of drug-likeness (QED) is 0.266. The topological polar surface area (TPSA) is 111 Å². The Kier molecular flexibility index (Phi) is 8.00. The lowest BCUT2D eigenvalue weighted by Gasteiger charge is -2.16. The van der Waals surface area contributed by atoms with Crippen molar-refractivity contribution in [2.75, 3.05) is 6.61 Å². The van der Waals surface area contributed by atoms with Crippen LogP contribution in [0.5, 0.6) is 17.2 Å². The first-order chi connectivity index (χ1) is 19.1. The molecule has 196 valence electrons. The zero-order chi connectivity index (χ0) is 27.0. The highest BCUT2D eigenvalue weighted by Crippen LogP contribution is 2.29. The first kappa shape index (κ1) is 25.8. The zero-order valence-electron chi connectivity index (χ0n) is 21.1. The van der Waals surface area contributed by atoms with Gasteiger partial charge in [0.2, 0.25) is 0 Å². The van der Waals surface area contributed by atoms with Crippen LogP contribution in [0, 0.1) is 11.3 Å². The van der Waals surface area contributed by atoms with E-state index in [2.05, 4.69) is 4.98 Å². The maximum absolute atomic E-state index is 10.9. The predicted octanol–water partition coefficient (Wildman–Crippen LogP) is 5.73. The number of para-hydroxylation sites is 1. The number of nitrogens with zero attached hydrogens (tertiary/aromatic N) is 2. The van der Waals surface area contributed by atoms with Crippen molar-refractivity contribution in [3.63, 3.8) is 0 Å². The number of pyridine rings is 1. The molecule has 0 aliphatic carbocycles. The Labute approximate surface area is 225 Å². The molecular weight excluding hydrogens is 496 g/mol. The first-order valence-corrected chi connectivity index (χ1v) is 12.5. The molecule has 0 bridgehead atoms. The van der Waals surface area contributed by atoms with E-state index >= 15 is 0 Å². The fourth-order valence-corrected chi connectivity index (χ4v) is 4.16. The Morgan fingerprint density at radius 3 is 2.77 bits per heavy atom. The molecule has 0 saturated heterocycles. The zero-order valence-corrected chi connectivity index (χ0v) is 21.1. The molecule has 8 nitrogen and oxygen atoms in total. The van der Waals surface area contributed by atoms with Crippen molar-refractivity contribution in [3.8, 4) is 23.3 Å². The van der Waals surface area contributed by atoms with Crippen molar-refractivity contribution in [3.05, 3.63) is 107 Å². The van der Waals surface area contributed by atoms with Gasteiger partial charge in [-0.25, -0.2) is 4.98 Å². The number of fused-ring (bicyclic) bond motifs is 2. The van der Waals surface area contributed by atoms with Gasteiger partial charge in [-0.15, -0.1) is 0 Å². The molecule has 0 atom stereocenters. The van der Waals surface area contributed by atoms with Crippen LogP contribution in [-0.4, -0.2) is 22.7 Å². The van der Waals surface area contributed by atoms with Crippen LogP contribution < -0.4 is 14.2 Å². The number of carboxylic acid groups (broad SMARTS) is 1. The SMILES string of the molecule is N#CC1=CCc2ccc(COCc3cc(OCc4ccc5ccccc5n4)ccc3OCCC(=O)O)cc2O1. The third-order valence-corrected chi connectivity index (χ3v) is 6.14. The van der Waals surface area contributed by atoms with E-state index in [1.165, 1.54) is 0 Å². The van der Waals surface area contributed by atoms with Gasteiger partial charge >= 0.3 is 5.97 Å². The minimum absolute atomic E-state index is 0.0421. The third-order valence-electron chi connectivity index (χ3n) is 6.14. The number of carboxylic acids is 1. The summed E-state index contributed by atoms with van der Waals surface area (Å²) in [6.45, 7) is 0.858. The summed E-state index contributed by atoms with van der Waals surface area (Å²) in [5.74, 6) is 1.17. The summed E-state index contributed by atoms with van der Waals surface area (Å²) in [5, 5.41) is 19.1. The number of hydrogen-bond donors (Lipinski definition) is 1. The highest BCUT2D eigenvalue weighted by molar-refractivity contribution is 5.78. The normalized spacial score (nSPS) is 12.1. The molecule has 8 heteroatoms. The maximum Gasteiger partial charge on any atom is 0.306 e. The van der Waals surface area contributed by atoms with Gasteiger partial charge in [0.1, 0.15) is 29.9 Å². The van der Waals surface area contributed by atoms with Crippen molar-refractivity contribution in [1.29, 1.82) is 5.26 Å². The monoisotopic (exact) mass is 522 g/mol. The number of nitriles is 1. The number of aromatic nitrogens is 1. The van der Waals surface area contributed by atoms with E-state index in [1.54, 1.807) is 18.2 Å². The summed E-state index contributed by atoms with van der Waals surface area (Å²) in [6, 6.07) is 25.1. The highest BCUT2D eigenvalue weighted by Gasteiger charge is 2.14. The lowest BCUT2D eigenvalue weighted by Crippen LogP contribution is -2.07. The number of aliphatic carboxylic acids is 1. The van der Waals surface area contributed by atoms with E-state index in [-0.39, 0.29) is 19.6 Å². The van der Waals surface area contributed by atoms with Gasteiger partial charge in [-0.2, -0.15) is 5.26 Å². The highest BCUT2D eigenvalue weighted by atomic mass is 16.5. The van der Waals surface area contributed by atoms with E-state index in [0.29, 0.717) is 42.6 Å².